The molecule has 73 heavy (non-hydrogen) atoms. The molecular formula is C54H54FN9O8S. The smallest absolute Gasteiger partial charge is 0.293 e. The monoisotopic (exact) mass is 1010 g/mol. The third-order valence-electron chi connectivity index (χ3n) is 14.2. The number of ether oxygens (including phenoxy) is 1. The number of imide groups is 2. The number of nitrogens with one attached hydrogen (secondary N) is 3. The summed E-state index contributed by atoms with van der Waals surface area (Å²) in [4.78, 5) is 93.9. The highest BCUT2D eigenvalue weighted by atomic mass is 32.1. The summed E-state index contributed by atoms with van der Waals surface area (Å²) in [6.07, 6.45) is 5.62. The van der Waals surface area contributed by atoms with Crippen molar-refractivity contribution in [2.75, 3.05) is 61.0 Å². The van der Waals surface area contributed by atoms with E-state index >= 15 is 4.39 Å². The van der Waals surface area contributed by atoms with E-state index < -0.39 is 41.4 Å². The fourth-order valence-electron chi connectivity index (χ4n) is 10.3. The lowest BCUT2D eigenvalue weighted by Crippen LogP contribution is -2.54. The van der Waals surface area contributed by atoms with Crippen LogP contribution in [0.1, 0.15) is 103 Å². The van der Waals surface area contributed by atoms with Crippen molar-refractivity contribution in [2.24, 2.45) is 0 Å². The van der Waals surface area contributed by atoms with Gasteiger partial charge in [0, 0.05) is 56.8 Å². The minimum absolute atomic E-state index is 0.00797. The maximum absolute atomic E-state index is 15.4. The number of thiazole rings is 1. The lowest BCUT2D eigenvalue weighted by atomic mass is 9.94. The second-order valence-corrected chi connectivity index (χ2v) is 19.8. The number of halogens is 1. The molecule has 2 aromatic heterocycles. The molecule has 4 N–H and O–H groups in total. The van der Waals surface area contributed by atoms with Gasteiger partial charge in [-0.1, -0.05) is 67.0 Å². The van der Waals surface area contributed by atoms with Gasteiger partial charge >= 0.3 is 0 Å². The van der Waals surface area contributed by atoms with Crippen LogP contribution in [0, 0.1) is 12.7 Å². The number of anilines is 3. The first-order valence-corrected chi connectivity index (χ1v) is 25.5. The summed E-state index contributed by atoms with van der Waals surface area (Å²) in [5, 5.41) is 15.5. The number of carbonyl (C=O) groups is 6. The Balaban J connectivity index is 0.687. The number of carbonyl (C=O) groups excluding carboxylic acids is 6. The number of amides is 6. The first-order chi connectivity index (χ1) is 35.4. The summed E-state index contributed by atoms with van der Waals surface area (Å²) in [6, 6.07) is 24.2. The van der Waals surface area contributed by atoms with Crippen LogP contribution in [0.4, 0.5) is 21.0 Å². The summed E-state index contributed by atoms with van der Waals surface area (Å²) in [7, 11) is 0. The molecule has 376 valence electrons. The van der Waals surface area contributed by atoms with Crippen molar-refractivity contribution < 1.29 is 43.1 Å². The molecule has 4 aliphatic heterocycles. The van der Waals surface area contributed by atoms with Gasteiger partial charge in [-0.2, -0.15) is 0 Å². The van der Waals surface area contributed by atoms with Crippen LogP contribution in [0.15, 0.2) is 84.9 Å². The van der Waals surface area contributed by atoms with Crippen LogP contribution in [0.2, 0.25) is 0 Å². The van der Waals surface area contributed by atoms with Crippen molar-refractivity contribution in [3.63, 3.8) is 0 Å². The van der Waals surface area contributed by atoms with E-state index in [-0.39, 0.29) is 41.3 Å². The fraction of sp³-hybridized carbons (Fsp3) is 0.333. The van der Waals surface area contributed by atoms with E-state index in [9.17, 15) is 34.0 Å². The highest BCUT2D eigenvalue weighted by Crippen LogP contribution is 2.36. The van der Waals surface area contributed by atoms with Crippen LogP contribution in [0.25, 0.3) is 21.3 Å². The van der Waals surface area contributed by atoms with E-state index in [1.165, 1.54) is 17.4 Å². The number of piperazine rings is 1. The predicted octanol–water partition coefficient (Wildman–Crippen LogP) is 7.29. The SMILES string of the molecule is Cc1c(OCCCCCCCN2CCN(c3cc4c(cc3F)C(=O)N(C3CCC(=O)NC3=O)C4=O)CC2)cccc1-c1ccc(N2CCc3cccc(C(=O)Nc4nc5ccccc5s4)c3C2)nc1C(=O)NO. The Kier molecular flexibility index (Phi) is 14.2. The second-order valence-electron chi connectivity index (χ2n) is 18.7. The summed E-state index contributed by atoms with van der Waals surface area (Å²) >= 11 is 1.42. The zero-order valence-corrected chi connectivity index (χ0v) is 41.1. The van der Waals surface area contributed by atoms with E-state index in [0.717, 1.165) is 82.1 Å². The maximum atomic E-state index is 15.4. The van der Waals surface area contributed by atoms with Gasteiger partial charge in [-0.15, -0.1) is 0 Å². The number of aromatic nitrogens is 2. The molecule has 10 rings (SSSR count). The Hall–Kier alpha value is -7.61. The molecule has 1 atom stereocenters. The van der Waals surface area contributed by atoms with Crippen LogP contribution < -0.4 is 30.7 Å². The van der Waals surface area contributed by atoms with Gasteiger partial charge in [-0.05, 0) is 110 Å². The molecule has 0 radical (unpaired) electrons. The van der Waals surface area contributed by atoms with Crippen LogP contribution in [-0.2, 0) is 22.6 Å². The Morgan fingerprint density at radius 2 is 1.56 bits per heavy atom. The summed E-state index contributed by atoms with van der Waals surface area (Å²) in [6.45, 7) is 6.89. The molecule has 17 nitrogen and oxygen atoms in total. The van der Waals surface area contributed by atoms with E-state index in [1.807, 2.05) is 89.5 Å². The third-order valence-corrected chi connectivity index (χ3v) is 15.2. The number of hydrogen-bond acceptors (Lipinski definition) is 14. The van der Waals surface area contributed by atoms with E-state index in [0.29, 0.717) is 80.1 Å². The Bertz CT molecular complexity index is 3140. The average molecular weight is 1010 g/mol. The largest absolute Gasteiger partial charge is 0.493 e. The van der Waals surface area contributed by atoms with E-state index in [4.69, 9.17) is 9.72 Å². The maximum Gasteiger partial charge on any atom is 0.293 e. The molecule has 2 fully saturated rings. The lowest BCUT2D eigenvalue weighted by molar-refractivity contribution is -0.136. The molecule has 6 heterocycles. The van der Waals surface area contributed by atoms with Crippen molar-refractivity contribution in [1.29, 1.82) is 0 Å². The average Bonchev–Trinajstić information content (AvgIpc) is 3.92. The van der Waals surface area contributed by atoms with Crippen molar-refractivity contribution in [1.82, 2.24) is 30.6 Å². The lowest BCUT2D eigenvalue weighted by Gasteiger charge is -2.36. The number of fused-ring (bicyclic) bond motifs is 3. The normalized spacial score (nSPS) is 16.9. The third kappa shape index (κ3) is 10.1. The number of hydroxylamine groups is 1. The number of unbranched alkanes of at least 4 members (excludes halogenated alkanes) is 4. The standard InChI is InChI=1S/C54H54FN9O8S/c1-32-34(35-17-19-46(57-48(35)51(68)60-71)63-23-21-33-11-9-13-36(39(33)31-63)49(66)59-54-56-41-14-5-6-16-45(41)73-54)12-10-15-44(32)72-28-8-4-2-3-7-22-61-24-26-62(27-25-61)43-30-38-37(29-40(43)55)52(69)64(53(38)70)42-18-20-47(65)58-50(42)67/h5-6,9-17,19,29-30,42,71H,2-4,7-8,18,20-28,31H2,1H3,(H,60,68)(H,56,59,66)(H,58,65,67). The molecule has 0 bridgehead atoms. The highest BCUT2D eigenvalue weighted by Gasteiger charge is 2.45. The number of nitrogens with zero attached hydrogens (tertiary/aromatic N) is 6. The summed E-state index contributed by atoms with van der Waals surface area (Å²) < 4.78 is 22.7. The number of para-hydroxylation sites is 1. The molecule has 1 unspecified atom stereocenters. The van der Waals surface area contributed by atoms with E-state index in [1.54, 1.807) is 5.48 Å². The molecule has 4 aliphatic rings. The molecule has 0 aliphatic carbocycles. The van der Waals surface area contributed by atoms with Gasteiger partial charge in [0.2, 0.25) is 11.8 Å². The molecule has 0 saturated carbocycles. The van der Waals surface area contributed by atoms with Crippen molar-refractivity contribution >= 4 is 73.6 Å². The van der Waals surface area contributed by atoms with Crippen molar-refractivity contribution in [2.45, 2.75) is 70.9 Å². The quantitative estimate of drug-likeness (QED) is 0.0326. The van der Waals surface area contributed by atoms with Gasteiger partial charge in [0.25, 0.3) is 23.6 Å². The minimum atomic E-state index is -1.11. The van der Waals surface area contributed by atoms with Crippen molar-refractivity contribution in [3.8, 4) is 16.9 Å². The first kappa shape index (κ1) is 49.0. The molecule has 6 amide bonds. The number of pyridine rings is 1. The Labute approximate surface area is 424 Å². The van der Waals surface area contributed by atoms with Gasteiger partial charge in [0.15, 0.2) is 5.13 Å². The Morgan fingerprint density at radius 1 is 0.795 bits per heavy atom. The molecule has 0 spiro atoms. The summed E-state index contributed by atoms with van der Waals surface area (Å²) in [5.74, 6) is -2.92. The second kappa shape index (κ2) is 21.2. The predicted molar refractivity (Wildman–Crippen MR) is 273 cm³/mol. The van der Waals surface area contributed by atoms with Crippen LogP contribution >= 0.6 is 11.3 Å². The van der Waals surface area contributed by atoms with Gasteiger partial charge in [0.05, 0.1) is 33.6 Å². The summed E-state index contributed by atoms with van der Waals surface area (Å²) in [5.41, 5.74) is 7.50. The number of piperidine rings is 1. The zero-order chi connectivity index (χ0) is 50.8. The van der Waals surface area contributed by atoms with Gasteiger partial charge < -0.3 is 14.5 Å². The number of rotatable bonds is 16. The molecule has 19 heteroatoms. The van der Waals surface area contributed by atoms with Crippen LogP contribution in [0.5, 0.6) is 5.75 Å². The minimum Gasteiger partial charge on any atom is -0.493 e. The topological polar surface area (TPSA) is 207 Å². The molecule has 4 aromatic carbocycles. The molecular weight excluding hydrogens is 954 g/mol. The van der Waals surface area contributed by atoms with Gasteiger partial charge in [0.1, 0.15) is 29.1 Å². The van der Waals surface area contributed by atoms with Crippen LogP contribution in [0.3, 0.4) is 0 Å². The zero-order valence-electron chi connectivity index (χ0n) is 40.2. The first-order valence-electron chi connectivity index (χ1n) is 24.7. The highest BCUT2D eigenvalue weighted by molar-refractivity contribution is 7.22. The van der Waals surface area contributed by atoms with Gasteiger partial charge in [-0.3, -0.25) is 54.4 Å². The van der Waals surface area contributed by atoms with Crippen molar-refractivity contribution in [3.05, 3.63) is 130 Å². The molecule has 6 aromatic rings. The number of benzene rings is 4. The van der Waals surface area contributed by atoms with E-state index in [2.05, 4.69) is 20.5 Å². The Morgan fingerprint density at radius 3 is 2.36 bits per heavy atom. The van der Waals surface area contributed by atoms with Crippen LogP contribution in [-0.4, -0.2) is 112 Å². The molecule has 2 saturated heterocycles. The number of hydrogen-bond donors (Lipinski definition) is 4. The fourth-order valence-corrected chi connectivity index (χ4v) is 11.2. The van der Waals surface area contributed by atoms with Gasteiger partial charge in [-0.25, -0.2) is 19.8 Å².